The van der Waals surface area contributed by atoms with Gasteiger partial charge in [-0.15, -0.1) is 0 Å². The number of ketones is 2. The summed E-state index contributed by atoms with van der Waals surface area (Å²) < 4.78 is 0. The highest BCUT2D eigenvalue weighted by molar-refractivity contribution is 6.18. The molecule has 0 radical (unpaired) electrons. The maximum Gasteiger partial charge on any atom is 0.181 e. The number of aliphatic hydroxyl groups excluding tert-OH is 1. The Bertz CT molecular complexity index is 677. The number of hydrogen-bond acceptors (Lipinski definition) is 4. The van der Waals surface area contributed by atoms with Crippen molar-refractivity contribution in [3.05, 3.63) is 34.4 Å². The molecule has 0 aromatic heterocycles. The molecule has 124 valence electrons. The van der Waals surface area contributed by atoms with E-state index in [1.165, 1.54) is 0 Å². The Kier molecular flexibility index (Phi) is 3.93. The number of fused-ring (bicyclic) bond motifs is 3. The summed E-state index contributed by atoms with van der Waals surface area (Å²) in [7, 11) is 0. The molecule has 3 rings (SSSR count). The van der Waals surface area contributed by atoms with Crippen molar-refractivity contribution in [2.45, 2.75) is 64.0 Å². The lowest BCUT2D eigenvalue weighted by atomic mass is 9.67. The van der Waals surface area contributed by atoms with E-state index < -0.39 is 18.1 Å². The first-order valence-corrected chi connectivity index (χ1v) is 8.48. The van der Waals surface area contributed by atoms with Gasteiger partial charge in [0.1, 0.15) is 0 Å². The summed E-state index contributed by atoms with van der Waals surface area (Å²) in [6.45, 7) is 6.15. The van der Waals surface area contributed by atoms with Gasteiger partial charge in [0.15, 0.2) is 11.6 Å². The number of aliphatic hydroxyl groups is 1. The van der Waals surface area contributed by atoms with Crippen LogP contribution in [0.15, 0.2) is 12.1 Å². The number of carbonyl (C=O) groups excluding carboxylic acids is 2. The Morgan fingerprint density at radius 3 is 2.65 bits per heavy atom. The molecule has 3 unspecified atom stereocenters. The first kappa shape index (κ1) is 16.3. The number of nitrogens with two attached hydrogens (primary N) is 1. The van der Waals surface area contributed by atoms with Gasteiger partial charge in [-0.3, -0.25) is 9.59 Å². The van der Waals surface area contributed by atoms with Gasteiger partial charge in [0.25, 0.3) is 0 Å². The van der Waals surface area contributed by atoms with Crippen LogP contribution in [-0.2, 0) is 11.8 Å². The minimum absolute atomic E-state index is 0.00974. The predicted octanol–water partition coefficient (Wildman–Crippen LogP) is 2.39. The first-order chi connectivity index (χ1) is 10.8. The van der Waals surface area contributed by atoms with Crippen LogP contribution in [0.1, 0.15) is 71.9 Å². The van der Waals surface area contributed by atoms with Crippen LogP contribution in [0.4, 0.5) is 0 Å². The lowest BCUT2D eigenvalue weighted by Gasteiger charge is -2.37. The van der Waals surface area contributed by atoms with Crippen LogP contribution < -0.4 is 5.73 Å². The van der Waals surface area contributed by atoms with Crippen LogP contribution in [0.3, 0.4) is 0 Å². The highest BCUT2D eigenvalue weighted by Crippen LogP contribution is 2.41. The SMILES string of the molecule is CCC(O)C1C(=O)c2ccc3c(c2C(=O)C1N)CCCC3(C)C. The molecule has 3 atom stereocenters. The molecule has 0 saturated heterocycles. The number of rotatable bonds is 2. The van der Waals surface area contributed by atoms with Gasteiger partial charge in [0.05, 0.1) is 18.1 Å². The number of carbonyl (C=O) groups is 2. The third-order valence-electron chi connectivity index (χ3n) is 5.61. The average Bonchev–Trinajstić information content (AvgIpc) is 2.51. The van der Waals surface area contributed by atoms with E-state index in [1.54, 1.807) is 13.0 Å². The monoisotopic (exact) mass is 315 g/mol. The highest BCUT2D eigenvalue weighted by atomic mass is 16.3. The second-order valence-corrected chi connectivity index (χ2v) is 7.51. The standard InChI is InChI=1S/C19H25NO3/c1-4-13(21)15-16(20)18(23)14-10-6-5-9-19(2,3)12(10)8-7-11(14)17(15)22/h7-8,13,15-16,21H,4-6,9,20H2,1-3H3. The minimum Gasteiger partial charge on any atom is -0.392 e. The zero-order chi connectivity index (χ0) is 16.9. The largest absolute Gasteiger partial charge is 0.392 e. The second-order valence-electron chi connectivity index (χ2n) is 7.51. The average molecular weight is 315 g/mol. The van der Waals surface area contributed by atoms with E-state index in [9.17, 15) is 14.7 Å². The molecule has 0 fully saturated rings. The fraction of sp³-hybridized carbons (Fsp3) is 0.579. The summed E-state index contributed by atoms with van der Waals surface area (Å²) in [5.74, 6) is -1.20. The molecule has 3 N–H and O–H groups in total. The zero-order valence-corrected chi connectivity index (χ0v) is 14.1. The van der Waals surface area contributed by atoms with Crippen molar-refractivity contribution in [2.24, 2.45) is 11.7 Å². The Morgan fingerprint density at radius 2 is 2.00 bits per heavy atom. The van der Waals surface area contributed by atoms with Crippen molar-refractivity contribution >= 4 is 11.6 Å². The van der Waals surface area contributed by atoms with E-state index in [0.717, 1.165) is 30.4 Å². The minimum atomic E-state index is -0.943. The van der Waals surface area contributed by atoms with Crippen LogP contribution in [-0.4, -0.2) is 28.8 Å². The van der Waals surface area contributed by atoms with Crippen LogP contribution in [0, 0.1) is 5.92 Å². The molecule has 2 aliphatic carbocycles. The topological polar surface area (TPSA) is 80.4 Å². The number of hydrogen-bond donors (Lipinski definition) is 2. The van der Waals surface area contributed by atoms with Gasteiger partial charge < -0.3 is 10.8 Å². The summed E-state index contributed by atoms with van der Waals surface area (Å²) >= 11 is 0. The van der Waals surface area contributed by atoms with Crippen molar-refractivity contribution in [2.75, 3.05) is 0 Å². The fourth-order valence-electron chi connectivity index (χ4n) is 4.21. The Morgan fingerprint density at radius 1 is 1.30 bits per heavy atom. The van der Waals surface area contributed by atoms with Crippen LogP contribution >= 0.6 is 0 Å². The van der Waals surface area contributed by atoms with Gasteiger partial charge in [-0.25, -0.2) is 0 Å². The molecule has 0 amide bonds. The predicted molar refractivity (Wildman–Crippen MR) is 88.8 cm³/mol. The number of Topliss-reactive ketones (excluding diaryl/α,β-unsaturated/α-hetero) is 2. The van der Waals surface area contributed by atoms with Gasteiger partial charge >= 0.3 is 0 Å². The van der Waals surface area contributed by atoms with Crippen LogP contribution in [0.2, 0.25) is 0 Å². The van der Waals surface area contributed by atoms with Gasteiger partial charge in [-0.2, -0.15) is 0 Å². The molecule has 2 aliphatic rings. The molecule has 0 bridgehead atoms. The molecule has 1 aromatic carbocycles. The normalized spacial score (nSPS) is 27.3. The highest BCUT2D eigenvalue weighted by Gasteiger charge is 2.45. The smallest absolute Gasteiger partial charge is 0.181 e. The zero-order valence-electron chi connectivity index (χ0n) is 14.1. The van der Waals surface area contributed by atoms with Crippen molar-refractivity contribution < 1.29 is 14.7 Å². The Hall–Kier alpha value is -1.52. The first-order valence-electron chi connectivity index (χ1n) is 8.48. The summed E-state index contributed by atoms with van der Waals surface area (Å²) in [5, 5.41) is 10.1. The maximum atomic E-state index is 12.9. The van der Waals surface area contributed by atoms with Gasteiger partial charge in [0, 0.05) is 11.1 Å². The van der Waals surface area contributed by atoms with Gasteiger partial charge in [-0.1, -0.05) is 32.9 Å². The molecule has 4 nitrogen and oxygen atoms in total. The van der Waals surface area contributed by atoms with Crippen molar-refractivity contribution in [1.29, 1.82) is 0 Å². The van der Waals surface area contributed by atoms with E-state index in [2.05, 4.69) is 13.8 Å². The Labute approximate surface area is 137 Å². The third kappa shape index (κ3) is 2.36. The van der Waals surface area contributed by atoms with E-state index in [1.807, 2.05) is 6.07 Å². The second kappa shape index (κ2) is 5.53. The molecule has 23 heavy (non-hydrogen) atoms. The van der Waals surface area contributed by atoms with E-state index in [-0.39, 0.29) is 17.0 Å². The summed E-state index contributed by atoms with van der Waals surface area (Å²) in [6.07, 6.45) is 2.43. The van der Waals surface area contributed by atoms with E-state index >= 15 is 0 Å². The molecule has 4 heteroatoms. The van der Waals surface area contributed by atoms with Crippen LogP contribution in [0.25, 0.3) is 0 Å². The fourth-order valence-corrected chi connectivity index (χ4v) is 4.21. The van der Waals surface area contributed by atoms with Crippen molar-refractivity contribution in [3.8, 4) is 0 Å². The van der Waals surface area contributed by atoms with Gasteiger partial charge in [-0.05, 0) is 42.2 Å². The van der Waals surface area contributed by atoms with E-state index in [0.29, 0.717) is 17.5 Å². The quantitative estimate of drug-likeness (QED) is 0.878. The molecular formula is C19H25NO3. The van der Waals surface area contributed by atoms with Crippen LogP contribution in [0.5, 0.6) is 0 Å². The van der Waals surface area contributed by atoms with E-state index in [4.69, 9.17) is 5.73 Å². The summed E-state index contributed by atoms with van der Waals surface area (Å²) in [4.78, 5) is 25.7. The number of benzene rings is 1. The molecule has 0 saturated carbocycles. The molecule has 0 heterocycles. The van der Waals surface area contributed by atoms with Gasteiger partial charge in [0.2, 0.25) is 0 Å². The lowest BCUT2D eigenvalue weighted by Crippen LogP contribution is -2.52. The van der Waals surface area contributed by atoms with Crippen molar-refractivity contribution in [3.63, 3.8) is 0 Å². The lowest BCUT2D eigenvalue weighted by molar-refractivity contribution is 0.0529. The summed E-state index contributed by atoms with van der Waals surface area (Å²) in [5.41, 5.74) is 9.21. The molecule has 0 aliphatic heterocycles. The molecule has 1 aromatic rings. The third-order valence-corrected chi connectivity index (χ3v) is 5.61. The summed E-state index contributed by atoms with van der Waals surface area (Å²) in [6, 6.07) is 2.81. The maximum absolute atomic E-state index is 12.9. The molecular weight excluding hydrogens is 290 g/mol. The molecule has 0 spiro atoms. The van der Waals surface area contributed by atoms with Crippen molar-refractivity contribution in [1.82, 2.24) is 0 Å². The Balaban J connectivity index is 2.19.